The molecule has 140 valence electrons. The van der Waals surface area contributed by atoms with Crippen LogP contribution in [0, 0.1) is 0 Å². The fraction of sp³-hybridized carbons (Fsp3) is 0.579. The maximum atomic E-state index is 12.1. The number of benzene rings is 1. The zero-order valence-corrected chi connectivity index (χ0v) is 15.9. The lowest BCUT2D eigenvalue weighted by atomic mass is 9.87. The van der Waals surface area contributed by atoms with Gasteiger partial charge in [-0.15, -0.1) is 0 Å². The number of esters is 1. The highest BCUT2D eigenvalue weighted by Gasteiger charge is 2.23. The molecule has 0 radical (unpaired) electrons. The minimum atomic E-state index is -0.890. The molecule has 0 unspecified atom stereocenters. The molecule has 0 aliphatic carbocycles. The van der Waals surface area contributed by atoms with Gasteiger partial charge >= 0.3 is 5.97 Å². The third-order valence-corrected chi connectivity index (χ3v) is 3.63. The summed E-state index contributed by atoms with van der Waals surface area (Å²) in [4.78, 5) is 23.8. The van der Waals surface area contributed by atoms with E-state index in [1.807, 2.05) is 24.3 Å². The molecular formula is C19H29NO5. The molecule has 0 saturated carbocycles. The monoisotopic (exact) mass is 351 g/mol. The van der Waals surface area contributed by atoms with Gasteiger partial charge in [-0.3, -0.25) is 4.79 Å². The first-order valence-corrected chi connectivity index (χ1v) is 8.39. The summed E-state index contributed by atoms with van der Waals surface area (Å²) in [6.07, 6.45) is -1.70. The topological polar surface area (TPSA) is 73.9 Å². The van der Waals surface area contributed by atoms with Gasteiger partial charge in [-0.25, -0.2) is 4.79 Å². The average Bonchev–Trinajstić information content (AvgIpc) is 2.54. The van der Waals surface area contributed by atoms with Crippen molar-refractivity contribution in [3.63, 3.8) is 0 Å². The van der Waals surface area contributed by atoms with Gasteiger partial charge < -0.3 is 19.5 Å². The highest BCUT2D eigenvalue weighted by Crippen LogP contribution is 2.24. The third kappa shape index (κ3) is 7.13. The van der Waals surface area contributed by atoms with Crippen molar-refractivity contribution in [3.8, 4) is 5.75 Å². The van der Waals surface area contributed by atoms with Crippen molar-refractivity contribution in [2.45, 2.75) is 52.2 Å². The van der Waals surface area contributed by atoms with Crippen LogP contribution < -0.4 is 10.1 Å². The molecule has 6 heteroatoms. The zero-order valence-electron chi connectivity index (χ0n) is 15.9. The summed E-state index contributed by atoms with van der Waals surface area (Å²) >= 11 is 0. The van der Waals surface area contributed by atoms with Crippen LogP contribution in [0.4, 0.5) is 0 Å². The van der Waals surface area contributed by atoms with Gasteiger partial charge in [0.2, 0.25) is 0 Å². The molecule has 0 saturated heterocycles. The van der Waals surface area contributed by atoms with Crippen LogP contribution in [-0.2, 0) is 24.5 Å². The van der Waals surface area contributed by atoms with E-state index < -0.39 is 18.2 Å². The molecule has 0 heterocycles. The van der Waals surface area contributed by atoms with Crippen molar-refractivity contribution in [1.29, 1.82) is 0 Å². The van der Waals surface area contributed by atoms with Crippen LogP contribution in [0.25, 0.3) is 0 Å². The van der Waals surface area contributed by atoms with E-state index in [1.54, 1.807) is 14.0 Å². The molecule has 1 aromatic rings. The molecule has 1 N–H and O–H groups in total. The molecule has 1 amide bonds. The second kappa shape index (κ2) is 9.42. The molecule has 0 spiro atoms. The van der Waals surface area contributed by atoms with Crippen molar-refractivity contribution in [2.75, 3.05) is 20.3 Å². The number of amides is 1. The minimum absolute atomic E-state index is 0.0503. The molecule has 25 heavy (non-hydrogen) atoms. The first-order valence-electron chi connectivity index (χ1n) is 8.39. The Bertz CT molecular complexity index is 562. The van der Waals surface area contributed by atoms with E-state index in [2.05, 4.69) is 26.1 Å². The minimum Gasteiger partial charge on any atom is -0.479 e. The van der Waals surface area contributed by atoms with Crippen molar-refractivity contribution in [2.24, 2.45) is 0 Å². The van der Waals surface area contributed by atoms with Crippen molar-refractivity contribution >= 4 is 11.9 Å². The number of hydrogen-bond donors (Lipinski definition) is 1. The lowest BCUT2D eigenvalue weighted by Crippen LogP contribution is -2.39. The van der Waals surface area contributed by atoms with Crippen LogP contribution in [0.15, 0.2) is 24.3 Å². The Kier molecular flexibility index (Phi) is 7.90. The molecule has 1 aromatic carbocycles. The number of methoxy groups -OCH3 is 1. The number of carbonyl (C=O) groups excluding carboxylic acids is 2. The van der Waals surface area contributed by atoms with Gasteiger partial charge in [0.15, 0.2) is 12.2 Å². The number of hydrogen-bond acceptors (Lipinski definition) is 5. The number of rotatable bonds is 8. The van der Waals surface area contributed by atoms with Gasteiger partial charge in [-0.2, -0.15) is 0 Å². The Morgan fingerprint density at radius 1 is 1.08 bits per heavy atom. The molecule has 0 aliphatic rings. The normalized spacial score (nSPS) is 13.7. The molecule has 0 bridgehead atoms. The second-order valence-electron chi connectivity index (χ2n) is 6.90. The van der Waals surface area contributed by atoms with Gasteiger partial charge in [-0.1, -0.05) is 32.9 Å². The molecule has 0 aliphatic heterocycles. The third-order valence-electron chi connectivity index (χ3n) is 3.63. The first-order chi connectivity index (χ1) is 11.6. The SMILES string of the molecule is COCCNC(=O)[C@H](C)OC(=O)[C@H](C)Oc1ccc(C(C)(C)C)cc1. The predicted octanol–water partition coefficient (Wildman–Crippen LogP) is 2.45. The Morgan fingerprint density at radius 3 is 2.20 bits per heavy atom. The Morgan fingerprint density at radius 2 is 1.68 bits per heavy atom. The fourth-order valence-electron chi connectivity index (χ4n) is 2.03. The molecule has 6 nitrogen and oxygen atoms in total. The maximum Gasteiger partial charge on any atom is 0.347 e. The van der Waals surface area contributed by atoms with Gasteiger partial charge in [0.05, 0.1) is 6.61 Å². The molecule has 0 fully saturated rings. The van der Waals surface area contributed by atoms with Crippen LogP contribution in [0.3, 0.4) is 0 Å². The molecule has 0 aromatic heterocycles. The molecule has 1 rings (SSSR count). The lowest BCUT2D eigenvalue weighted by Gasteiger charge is -2.20. The summed E-state index contributed by atoms with van der Waals surface area (Å²) in [5.74, 6) is -0.379. The fourth-order valence-corrected chi connectivity index (χ4v) is 2.03. The summed E-state index contributed by atoms with van der Waals surface area (Å²) in [5, 5.41) is 2.62. The Balaban J connectivity index is 2.52. The van der Waals surface area contributed by atoms with Gasteiger partial charge in [0, 0.05) is 13.7 Å². The lowest BCUT2D eigenvalue weighted by molar-refractivity contribution is -0.160. The van der Waals surface area contributed by atoms with E-state index in [-0.39, 0.29) is 11.3 Å². The largest absolute Gasteiger partial charge is 0.479 e. The van der Waals surface area contributed by atoms with E-state index in [0.717, 1.165) is 0 Å². The number of nitrogens with one attached hydrogen (secondary N) is 1. The summed E-state index contributed by atoms with van der Waals surface area (Å²) in [6.45, 7) is 10.3. The number of carbonyl (C=O) groups is 2. The van der Waals surface area contributed by atoms with Gasteiger partial charge in [0.25, 0.3) is 5.91 Å². The maximum absolute atomic E-state index is 12.1. The quantitative estimate of drug-likeness (QED) is 0.575. The van der Waals surface area contributed by atoms with Crippen LogP contribution in [0.5, 0.6) is 5.75 Å². The van der Waals surface area contributed by atoms with E-state index in [4.69, 9.17) is 14.2 Å². The highest BCUT2D eigenvalue weighted by molar-refractivity contribution is 5.84. The standard InChI is InChI=1S/C19H29NO5/c1-13(17(21)20-11-12-23-6)25-18(22)14(2)24-16-9-7-15(8-10-16)19(3,4)5/h7-10,13-14H,11-12H2,1-6H3,(H,20,21)/t13-,14-/m0/s1. The van der Waals surface area contributed by atoms with Gasteiger partial charge in [-0.05, 0) is 37.0 Å². The van der Waals surface area contributed by atoms with Crippen LogP contribution in [-0.4, -0.2) is 44.3 Å². The second-order valence-corrected chi connectivity index (χ2v) is 6.90. The summed E-state index contributed by atoms with van der Waals surface area (Å²) < 4.78 is 15.6. The zero-order chi connectivity index (χ0) is 19.0. The van der Waals surface area contributed by atoms with E-state index in [9.17, 15) is 9.59 Å². The average molecular weight is 351 g/mol. The Labute approximate surface area is 149 Å². The molecule has 2 atom stereocenters. The van der Waals surface area contributed by atoms with Crippen molar-refractivity contribution in [3.05, 3.63) is 29.8 Å². The number of ether oxygens (including phenoxy) is 3. The van der Waals surface area contributed by atoms with Crippen molar-refractivity contribution in [1.82, 2.24) is 5.32 Å². The summed E-state index contributed by atoms with van der Waals surface area (Å²) in [6, 6.07) is 7.59. The highest BCUT2D eigenvalue weighted by atomic mass is 16.6. The van der Waals surface area contributed by atoms with Crippen molar-refractivity contribution < 1.29 is 23.8 Å². The van der Waals surface area contributed by atoms with Crippen LogP contribution in [0.2, 0.25) is 0 Å². The van der Waals surface area contributed by atoms with E-state index in [1.165, 1.54) is 12.5 Å². The summed E-state index contributed by atoms with van der Waals surface area (Å²) in [7, 11) is 1.54. The Hall–Kier alpha value is -2.08. The van der Waals surface area contributed by atoms with Gasteiger partial charge in [0.1, 0.15) is 5.75 Å². The molecular weight excluding hydrogens is 322 g/mol. The predicted molar refractivity (Wildman–Crippen MR) is 95.7 cm³/mol. The van der Waals surface area contributed by atoms with E-state index in [0.29, 0.717) is 18.9 Å². The van der Waals surface area contributed by atoms with E-state index >= 15 is 0 Å². The first kappa shape index (κ1) is 21.0. The summed E-state index contributed by atoms with van der Waals surface area (Å²) in [5.41, 5.74) is 1.23. The van der Waals surface area contributed by atoms with Crippen LogP contribution in [0.1, 0.15) is 40.2 Å². The smallest absolute Gasteiger partial charge is 0.347 e. The van der Waals surface area contributed by atoms with Crippen LogP contribution >= 0.6 is 0 Å².